The largest absolute Gasteiger partial charge is 0.497 e. The number of aryl methyl sites for hydroxylation is 1. The van der Waals surface area contributed by atoms with Crippen LogP contribution in [0.2, 0.25) is 0 Å². The number of allylic oxidation sites excluding steroid dienone is 1. The number of aromatic nitrogens is 2. The molecule has 1 aromatic heterocycles. The molecule has 6 nitrogen and oxygen atoms in total. The molecule has 1 aliphatic heterocycles. The van der Waals surface area contributed by atoms with Gasteiger partial charge in [-0.1, -0.05) is 25.5 Å². The Hall–Kier alpha value is -2.94. The number of unbranched alkanes of at least 4 members (excludes halogenated alkanes) is 1. The molecule has 1 aliphatic rings. The second kappa shape index (κ2) is 6.67. The zero-order valence-corrected chi connectivity index (χ0v) is 13.8. The summed E-state index contributed by atoms with van der Waals surface area (Å²) in [5.41, 5.74) is 9.22. The van der Waals surface area contributed by atoms with Crippen LogP contribution in [0, 0.1) is 11.3 Å². The molecular formula is C18H20N4O2. The summed E-state index contributed by atoms with van der Waals surface area (Å²) in [6.07, 6.45) is 2.96. The first-order chi connectivity index (χ1) is 11.7. The lowest BCUT2D eigenvalue weighted by atomic mass is 9.83. The minimum Gasteiger partial charge on any atom is -0.497 e. The highest BCUT2D eigenvalue weighted by Gasteiger charge is 2.34. The Kier molecular flexibility index (Phi) is 4.43. The van der Waals surface area contributed by atoms with Crippen LogP contribution in [0.4, 0.5) is 0 Å². The molecule has 1 aromatic carbocycles. The van der Waals surface area contributed by atoms with E-state index in [1.807, 2.05) is 24.3 Å². The molecule has 0 spiro atoms. The summed E-state index contributed by atoms with van der Waals surface area (Å²) < 4.78 is 10.8. The van der Waals surface area contributed by atoms with Crippen molar-refractivity contribution in [3.05, 3.63) is 52.5 Å². The number of nitrogens with two attached hydrogens (primary N) is 1. The maximum atomic E-state index is 9.60. The summed E-state index contributed by atoms with van der Waals surface area (Å²) in [7, 11) is 1.62. The summed E-state index contributed by atoms with van der Waals surface area (Å²) >= 11 is 0. The average Bonchev–Trinajstić information content (AvgIpc) is 3.01. The van der Waals surface area contributed by atoms with Crippen LogP contribution in [0.25, 0.3) is 0 Å². The molecule has 3 rings (SSSR count). The standard InChI is InChI=1S/C18H20N4O2/c1-3-4-5-14-16-15(11-6-8-12(23-2)9-7-11)13(10-19)17(20)24-18(16)22-21-14/h6-9,15H,3-5,20H2,1-2H3,(H,21,22). The summed E-state index contributed by atoms with van der Waals surface area (Å²) in [6, 6.07) is 9.84. The zero-order chi connectivity index (χ0) is 17.1. The van der Waals surface area contributed by atoms with Crippen LogP contribution in [0.3, 0.4) is 0 Å². The van der Waals surface area contributed by atoms with Gasteiger partial charge in [0, 0.05) is 11.3 Å². The van der Waals surface area contributed by atoms with Crippen molar-refractivity contribution in [2.45, 2.75) is 32.1 Å². The van der Waals surface area contributed by atoms with E-state index in [4.69, 9.17) is 15.2 Å². The molecule has 0 bridgehead atoms. The normalized spacial score (nSPS) is 16.3. The number of hydrogen-bond acceptors (Lipinski definition) is 5. The molecule has 6 heteroatoms. The molecular weight excluding hydrogens is 304 g/mol. The number of nitriles is 1. The van der Waals surface area contributed by atoms with Gasteiger partial charge in [0.15, 0.2) is 0 Å². The molecule has 0 aliphatic carbocycles. The highest BCUT2D eigenvalue weighted by molar-refractivity contribution is 5.55. The monoisotopic (exact) mass is 324 g/mol. The molecule has 2 heterocycles. The van der Waals surface area contributed by atoms with Gasteiger partial charge in [-0.15, -0.1) is 5.10 Å². The van der Waals surface area contributed by atoms with Crippen LogP contribution >= 0.6 is 0 Å². The Morgan fingerprint density at radius 1 is 1.38 bits per heavy atom. The van der Waals surface area contributed by atoms with E-state index in [1.165, 1.54) is 0 Å². The summed E-state index contributed by atoms with van der Waals surface area (Å²) in [5, 5.41) is 16.9. The fourth-order valence-corrected chi connectivity index (χ4v) is 2.98. The molecule has 0 saturated heterocycles. The minimum absolute atomic E-state index is 0.111. The van der Waals surface area contributed by atoms with Gasteiger partial charge >= 0.3 is 0 Å². The van der Waals surface area contributed by atoms with Gasteiger partial charge in [0.2, 0.25) is 11.8 Å². The third-order valence-electron chi connectivity index (χ3n) is 4.25. The van der Waals surface area contributed by atoms with Crippen LogP contribution in [0.5, 0.6) is 11.6 Å². The van der Waals surface area contributed by atoms with E-state index in [1.54, 1.807) is 7.11 Å². The first-order valence-corrected chi connectivity index (χ1v) is 7.98. The van der Waals surface area contributed by atoms with E-state index in [9.17, 15) is 5.26 Å². The second-order valence-corrected chi connectivity index (χ2v) is 5.72. The van der Waals surface area contributed by atoms with E-state index in [-0.39, 0.29) is 11.8 Å². The fraction of sp³-hybridized carbons (Fsp3) is 0.333. The van der Waals surface area contributed by atoms with E-state index in [0.29, 0.717) is 11.5 Å². The number of nitrogens with zero attached hydrogens (tertiary/aromatic N) is 2. The number of benzene rings is 1. The Morgan fingerprint density at radius 2 is 2.12 bits per heavy atom. The highest BCUT2D eigenvalue weighted by Crippen LogP contribution is 2.43. The van der Waals surface area contributed by atoms with Gasteiger partial charge in [0.1, 0.15) is 17.4 Å². The lowest BCUT2D eigenvalue weighted by molar-refractivity contribution is 0.378. The lowest BCUT2D eigenvalue weighted by Crippen LogP contribution is -2.21. The average molecular weight is 324 g/mol. The Morgan fingerprint density at radius 3 is 2.75 bits per heavy atom. The molecule has 1 unspecified atom stereocenters. The molecule has 24 heavy (non-hydrogen) atoms. The number of ether oxygens (including phenoxy) is 2. The minimum atomic E-state index is -0.282. The molecule has 0 radical (unpaired) electrons. The van der Waals surface area contributed by atoms with Gasteiger partial charge in [0.25, 0.3) is 0 Å². The van der Waals surface area contributed by atoms with Crippen molar-refractivity contribution in [2.24, 2.45) is 5.73 Å². The summed E-state index contributed by atoms with van der Waals surface area (Å²) in [6.45, 7) is 2.14. The Bertz CT molecular complexity index is 799. The van der Waals surface area contributed by atoms with Crippen LogP contribution in [0.1, 0.15) is 42.5 Å². The quantitative estimate of drug-likeness (QED) is 0.881. The fourth-order valence-electron chi connectivity index (χ4n) is 2.98. The predicted octanol–water partition coefficient (Wildman–Crippen LogP) is 2.98. The smallest absolute Gasteiger partial charge is 0.244 e. The first kappa shape index (κ1) is 15.9. The van der Waals surface area contributed by atoms with E-state index in [0.717, 1.165) is 41.8 Å². The molecule has 0 fully saturated rings. The topological polar surface area (TPSA) is 97.0 Å². The van der Waals surface area contributed by atoms with Crippen molar-refractivity contribution in [1.29, 1.82) is 5.26 Å². The zero-order valence-electron chi connectivity index (χ0n) is 13.8. The van der Waals surface area contributed by atoms with Crippen LogP contribution in [-0.4, -0.2) is 17.3 Å². The van der Waals surface area contributed by atoms with Gasteiger partial charge in [0.05, 0.1) is 13.0 Å². The van der Waals surface area contributed by atoms with E-state index >= 15 is 0 Å². The summed E-state index contributed by atoms with van der Waals surface area (Å²) in [5.74, 6) is 1.05. The van der Waals surface area contributed by atoms with Crippen molar-refractivity contribution < 1.29 is 9.47 Å². The number of hydrogen-bond donors (Lipinski definition) is 2. The van der Waals surface area contributed by atoms with Gasteiger partial charge in [-0.25, -0.2) is 0 Å². The van der Waals surface area contributed by atoms with E-state index < -0.39 is 0 Å². The molecule has 124 valence electrons. The SMILES string of the molecule is CCCCc1[nH]nc2c1C(c1ccc(OC)cc1)C(C#N)=C(N)O2. The van der Waals surface area contributed by atoms with Crippen molar-refractivity contribution in [3.63, 3.8) is 0 Å². The second-order valence-electron chi connectivity index (χ2n) is 5.72. The lowest BCUT2D eigenvalue weighted by Gasteiger charge is -2.24. The number of fused-ring (bicyclic) bond motifs is 1. The third kappa shape index (κ3) is 2.69. The van der Waals surface area contributed by atoms with Gasteiger partial charge < -0.3 is 15.2 Å². The maximum Gasteiger partial charge on any atom is 0.244 e. The van der Waals surface area contributed by atoms with E-state index in [2.05, 4.69) is 23.2 Å². The van der Waals surface area contributed by atoms with Crippen LogP contribution in [0.15, 0.2) is 35.7 Å². The van der Waals surface area contributed by atoms with Gasteiger partial charge in [-0.3, -0.25) is 5.10 Å². The maximum absolute atomic E-state index is 9.60. The number of nitrogens with one attached hydrogen (secondary N) is 1. The molecule has 0 saturated carbocycles. The van der Waals surface area contributed by atoms with Crippen molar-refractivity contribution in [3.8, 4) is 17.7 Å². The number of H-pyrrole nitrogens is 1. The number of aromatic amines is 1. The van der Waals surface area contributed by atoms with Crippen molar-refractivity contribution >= 4 is 0 Å². The number of methoxy groups -OCH3 is 1. The molecule has 3 N–H and O–H groups in total. The third-order valence-corrected chi connectivity index (χ3v) is 4.25. The number of rotatable bonds is 5. The molecule has 1 atom stereocenters. The van der Waals surface area contributed by atoms with Crippen LogP contribution < -0.4 is 15.2 Å². The molecule has 2 aromatic rings. The molecule has 0 amide bonds. The van der Waals surface area contributed by atoms with Gasteiger partial charge in [-0.2, -0.15) is 5.26 Å². The Balaban J connectivity index is 2.10. The Labute approximate surface area is 140 Å². The van der Waals surface area contributed by atoms with Crippen molar-refractivity contribution in [1.82, 2.24) is 10.2 Å². The van der Waals surface area contributed by atoms with Crippen molar-refractivity contribution in [2.75, 3.05) is 7.11 Å². The van der Waals surface area contributed by atoms with Gasteiger partial charge in [-0.05, 0) is 30.5 Å². The summed E-state index contributed by atoms with van der Waals surface area (Å²) in [4.78, 5) is 0. The predicted molar refractivity (Wildman–Crippen MR) is 89.5 cm³/mol. The van der Waals surface area contributed by atoms with Crippen LogP contribution in [-0.2, 0) is 6.42 Å². The first-order valence-electron chi connectivity index (χ1n) is 7.98. The highest BCUT2D eigenvalue weighted by atomic mass is 16.5.